The Bertz CT molecular complexity index is 977. The van der Waals surface area contributed by atoms with Crippen LogP contribution in [0, 0.1) is 12.3 Å². The Balaban J connectivity index is 0.00000320. The van der Waals surface area contributed by atoms with Crippen LogP contribution in [0.4, 0.5) is 0 Å². The third kappa shape index (κ3) is 5.61. The zero-order valence-electron chi connectivity index (χ0n) is 18.1. The fourth-order valence-corrected chi connectivity index (χ4v) is 3.41. The van der Waals surface area contributed by atoms with Crippen molar-refractivity contribution < 1.29 is 14.6 Å². The summed E-state index contributed by atoms with van der Waals surface area (Å²) >= 11 is 0. The maximum absolute atomic E-state index is 13.1. The Morgan fingerprint density at radius 3 is 2.50 bits per heavy atom. The van der Waals surface area contributed by atoms with Crippen LogP contribution < -0.4 is 4.74 Å². The molecule has 0 aliphatic heterocycles. The van der Waals surface area contributed by atoms with Crippen LogP contribution in [0.15, 0.2) is 48.7 Å². The molecule has 0 amide bonds. The second-order valence-electron chi connectivity index (χ2n) is 8.69. The van der Waals surface area contributed by atoms with E-state index in [0.29, 0.717) is 29.4 Å². The summed E-state index contributed by atoms with van der Waals surface area (Å²) in [5, 5.41) is 9.82. The summed E-state index contributed by atoms with van der Waals surface area (Å²) < 4.78 is 7.79. The van der Waals surface area contributed by atoms with E-state index >= 15 is 0 Å². The Kier molecular flexibility index (Phi) is 8.04. The maximum atomic E-state index is 13.1. The first-order valence-electron chi connectivity index (χ1n) is 10.1. The Morgan fingerprint density at radius 2 is 1.87 bits per heavy atom. The van der Waals surface area contributed by atoms with Crippen molar-refractivity contribution >= 4 is 23.8 Å². The van der Waals surface area contributed by atoms with Gasteiger partial charge in [-0.1, -0.05) is 51.1 Å². The van der Waals surface area contributed by atoms with E-state index < -0.39 is 0 Å². The van der Waals surface area contributed by atoms with Crippen LogP contribution in [0.1, 0.15) is 61.3 Å². The fourth-order valence-electron chi connectivity index (χ4n) is 3.41. The molecule has 0 unspecified atom stereocenters. The number of hydrogen-bond donors (Lipinski definition) is 1. The van der Waals surface area contributed by atoms with Crippen molar-refractivity contribution in [1.82, 2.24) is 9.38 Å². The predicted octanol–water partition coefficient (Wildman–Crippen LogP) is 5.23. The molecule has 6 heteroatoms. The van der Waals surface area contributed by atoms with E-state index in [-0.39, 0.29) is 42.6 Å². The van der Waals surface area contributed by atoms with Crippen molar-refractivity contribution in [2.75, 3.05) is 13.2 Å². The zero-order chi connectivity index (χ0) is 21.0. The van der Waals surface area contributed by atoms with Crippen molar-refractivity contribution in [3.05, 3.63) is 65.6 Å². The highest BCUT2D eigenvalue weighted by Crippen LogP contribution is 2.27. The van der Waals surface area contributed by atoms with Crippen LogP contribution in [0.5, 0.6) is 5.75 Å². The average molecular weight is 431 g/mol. The molecule has 0 aliphatic carbocycles. The highest BCUT2D eigenvalue weighted by molar-refractivity contribution is 5.97. The lowest BCUT2D eigenvalue weighted by Gasteiger charge is -2.18. The van der Waals surface area contributed by atoms with Crippen molar-refractivity contribution in [2.45, 2.75) is 46.5 Å². The number of benzene rings is 1. The molecule has 162 valence electrons. The summed E-state index contributed by atoms with van der Waals surface area (Å²) in [7, 11) is 0. The van der Waals surface area contributed by atoms with Gasteiger partial charge in [0.2, 0.25) is 0 Å². The van der Waals surface area contributed by atoms with Gasteiger partial charge in [-0.2, -0.15) is 0 Å². The Labute approximate surface area is 184 Å². The topological polar surface area (TPSA) is 63.8 Å². The van der Waals surface area contributed by atoms with Gasteiger partial charge in [-0.25, -0.2) is 4.98 Å². The first-order chi connectivity index (χ1) is 13.8. The summed E-state index contributed by atoms with van der Waals surface area (Å²) in [5.74, 6) is 0.408. The molecule has 0 radical (unpaired) electrons. The second-order valence-corrected chi connectivity index (χ2v) is 8.69. The normalized spacial score (nSPS) is 12.4. The summed E-state index contributed by atoms with van der Waals surface area (Å²) in [6.07, 6.45) is 2.99. The number of Topliss-reactive ketones (excluding diaryl/α,β-unsaturated/α-hetero) is 1. The highest BCUT2D eigenvalue weighted by Gasteiger charge is 2.23. The number of carbonyl (C=O) groups is 1. The van der Waals surface area contributed by atoms with E-state index in [4.69, 9.17) is 4.74 Å². The molecule has 0 bridgehead atoms. The van der Waals surface area contributed by atoms with Gasteiger partial charge in [0.05, 0.1) is 18.9 Å². The van der Waals surface area contributed by atoms with Gasteiger partial charge in [-0.3, -0.25) is 9.20 Å². The molecule has 0 spiro atoms. The first-order valence-corrected chi connectivity index (χ1v) is 10.1. The molecule has 2 aromatic heterocycles. The number of halogens is 1. The molecule has 2 heterocycles. The smallest absolute Gasteiger partial charge is 0.182 e. The van der Waals surface area contributed by atoms with Crippen LogP contribution in [0.2, 0.25) is 0 Å². The van der Waals surface area contributed by atoms with E-state index in [9.17, 15) is 9.90 Å². The largest absolute Gasteiger partial charge is 0.490 e. The van der Waals surface area contributed by atoms with Crippen LogP contribution in [0.3, 0.4) is 0 Å². The second kappa shape index (κ2) is 10.1. The number of imidazole rings is 1. The monoisotopic (exact) mass is 430 g/mol. The maximum Gasteiger partial charge on any atom is 0.182 e. The molecule has 3 aromatic rings. The molecule has 5 nitrogen and oxygen atoms in total. The van der Waals surface area contributed by atoms with Crippen LogP contribution in [-0.2, 0) is 0 Å². The van der Waals surface area contributed by atoms with Crippen LogP contribution >= 0.6 is 12.4 Å². The van der Waals surface area contributed by atoms with E-state index in [1.54, 1.807) is 0 Å². The molecule has 0 saturated heterocycles. The molecular weight excluding hydrogens is 400 g/mol. The van der Waals surface area contributed by atoms with E-state index in [1.807, 2.05) is 60.0 Å². The molecular formula is C24H31ClN2O3. The number of aromatic nitrogens is 2. The summed E-state index contributed by atoms with van der Waals surface area (Å²) in [5.41, 5.74) is 3.03. The molecule has 0 aliphatic rings. The molecule has 30 heavy (non-hydrogen) atoms. The summed E-state index contributed by atoms with van der Waals surface area (Å²) in [4.78, 5) is 17.7. The average Bonchev–Trinajstić information content (AvgIpc) is 3.02. The van der Waals surface area contributed by atoms with Crippen LogP contribution in [0.25, 0.3) is 5.65 Å². The highest BCUT2D eigenvalue weighted by atomic mass is 35.5. The van der Waals surface area contributed by atoms with E-state index in [2.05, 4.69) is 25.8 Å². The third-order valence-electron chi connectivity index (χ3n) is 5.09. The van der Waals surface area contributed by atoms with Crippen molar-refractivity contribution in [1.29, 1.82) is 0 Å². The molecule has 1 aromatic carbocycles. The van der Waals surface area contributed by atoms with Gasteiger partial charge < -0.3 is 9.84 Å². The van der Waals surface area contributed by atoms with Crippen molar-refractivity contribution in [2.24, 2.45) is 5.41 Å². The molecule has 1 atom stereocenters. The van der Waals surface area contributed by atoms with Gasteiger partial charge in [0.25, 0.3) is 0 Å². The van der Waals surface area contributed by atoms with E-state index in [0.717, 1.165) is 12.0 Å². The number of ether oxygens (including phenoxy) is 1. The van der Waals surface area contributed by atoms with Crippen LogP contribution in [-0.4, -0.2) is 33.5 Å². The standard InChI is InChI=1S/C24H30N2O3.ClH/c1-17-22(20(28)15-19(16-27)18-9-6-5-7-10-18)26-13-8-11-21(23(26)25-17)29-14-12-24(2,3)4;/h5-11,13,19,27H,12,14-16H2,1-4H3;1H/t19-;/m0./s1. The number of aliphatic hydroxyl groups is 1. The minimum Gasteiger partial charge on any atom is -0.490 e. The number of aryl methyl sites for hydroxylation is 1. The lowest BCUT2D eigenvalue weighted by Crippen LogP contribution is -2.14. The number of rotatable bonds is 8. The molecule has 0 fully saturated rings. The number of fused-ring (bicyclic) bond motifs is 1. The number of aliphatic hydroxyl groups excluding tert-OH is 1. The number of nitrogens with zero attached hydrogens (tertiary/aromatic N) is 2. The van der Waals surface area contributed by atoms with Gasteiger partial charge in [0.15, 0.2) is 17.2 Å². The van der Waals surface area contributed by atoms with Gasteiger partial charge in [-0.15, -0.1) is 12.4 Å². The third-order valence-corrected chi connectivity index (χ3v) is 5.09. The zero-order valence-corrected chi connectivity index (χ0v) is 18.9. The van der Waals surface area contributed by atoms with Gasteiger partial charge in [-0.05, 0) is 36.5 Å². The molecule has 3 rings (SSSR count). The summed E-state index contributed by atoms with van der Waals surface area (Å²) in [6.45, 7) is 8.90. The number of pyridine rings is 1. The minimum atomic E-state index is -0.236. The van der Waals surface area contributed by atoms with Gasteiger partial charge >= 0.3 is 0 Å². The van der Waals surface area contributed by atoms with E-state index in [1.165, 1.54) is 0 Å². The van der Waals surface area contributed by atoms with Gasteiger partial charge in [0.1, 0.15) is 5.69 Å². The quantitative estimate of drug-likeness (QED) is 0.497. The molecule has 1 N–H and O–H groups in total. The van der Waals surface area contributed by atoms with Crippen molar-refractivity contribution in [3.63, 3.8) is 0 Å². The summed E-state index contributed by atoms with van der Waals surface area (Å²) in [6, 6.07) is 13.4. The minimum absolute atomic E-state index is 0. The lowest BCUT2D eigenvalue weighted by molar-refractivity contribution is 0.0953. The fraction of sp³-hybridized carbons (Fsp3) is 0.417. The van der Waals surface area contributed by atoms with Crippen molar-refractivity contribution in [3.8, 4) is 5.75 Å². The first kappa shape index (κ1) is 23.9. The lowest BCUT2D eigenvalue weighted by atomic mass is 9.93. The number of hydrogen-bond acceptors (Lipinski definition) is 4. The van der Waals surface area contributed by atoms with Gasteiger partial charge in [0, 0.05) is 18.5 Å². The number of ketones is 1. The Hall–Kier alpha value is -2.37. The SMILES string of the molecule is Cc1nc2c(OCCC(C)(C)C)cccn2c1C(=O)C[C@@H](CO)c1ccccc1.Cl. The number of carbonyl (C=O) groups excluding carboxylic acids is 1. The molecule has 0 saturated carbocycles. The predicted molar refractivity (Wildman–Crippen MR) is 122 cm³/mol. The Morgan fingerprint density at radius 1 is 1.17 bits per heavy atom.